The highest BCUT2D eigenvalue weighted by atomic mass is 16.1. The number of nitrogens with zero attached hydrogens (tertiary/aromatic N) is 1. The molecule has 100 valence electrons. The van der Waals surface area contributed by atoms with Crippen molar-refractivity contribution >= 4 is 10.9 Å². The molecule has 2 aromatic rings. The molecule has 1 N–H and O–H groups in total. The number of rotatable bonds is 3. The second kappa shape index (κ2) is 5.47. The number of nitrogens with one attached hydrogen (secondary N) is 1. The molecule has 0 spiro atoms. The van der Waals surface area contributed by atoms with Crippen LogP contribution in [0.3, 0.4) is 0 Å². The molecule has 3 heteroatoms. The van der Waals surface area contributed by atoms with E-state index in [0.29, 0.717) is 5.92 Å². The van der Waals surface area contributed by atoms with Crippen molar-refractivity contribution in [3.8, 4) is 0 Å². The van der Waals surface area contributed by atoms with Crippen molar-refractivity contribution in [1.29, 1.82) is 0 Å². The van der Waals surface area contributed by atoms with Crippen LogP contribution in [0.2, 0.25) is 0 Å². The van der Waals surface area contributed by atoms with E-state index < -0.39 is 0 Å². The van der Waals surface area contributed by atoms with Crippen LogP contribution in [0, 0.1) is 5.92 Å². The molecule has 0 radical (unpaired) electrons. The maximum Gasteiger partial charge on any atom is 0.269 e. The van der Waals surface area contributed by atoms with Crippen LogP contribution in [0.5, 0.6) is 0 Å². The quantitative estimate of drug-likeness (QED) is 0.915. The summed E-state index contributed by atoms with van der Waals surface area (Å²) in [5.41, 5.74) is 4.32. The highest BCUT2D eigenvalue weighted by Gasteiger charge is 2.13. The minimum absolute atomic E-state index is 0.0227. The summed E-state index contributed by atoms with van der Waals surface area (Å²) in [6.45, 7) is 0.897. The number of aromatic nitrogens is 1. The maximum atomic E-state index is 12.0. The lowest BCUT2D eigenvalue weighted by Crippen LogP contribution is -2.32. The summed E-state index contributed by atoms with van der Waals surface area (Å²) in [6.07, 6.45) is 6.59. The number of hydrogen-bond donors (Lipinski definition) is 1. The van der Waals surface area contributed by atoms with Crippen molar-refractivity contribution in [3.05, 3.63) is 46.8 Å². The van der Waals surface area contributed by atoms with Gasteiger partial charge in [-0.1, -0.05) is 37.5 Å². The Hall–Kier alpha value is -1.77. The number of hydrogen-bond acceptors (Lipinski definition) is 2. The van der Waals surface area contributed by atoms with Gasteiger partial charge in [-0.15, -0.1) is 0 Å². The molecule has 19 heavy (non-hydrogen) atoms. The molecule has 1 aliphatic rings. The highest BCUT2D eigenvalue weighted by Crippen LogP contribution is 2.23. The summed E-state index contributed by atoms with van der Waals surface area (Å²) >= 11 is 0. The molecule has 1 saturated carbocycles. The molecule has 0 bridgehead atoms. The van der Waals surface area contributed by atoms with Gasteiger partial charge in [-0.05, 0) is 30.9 Å². The fraction of sp³-hybridized carbons (Fsp3) is 0.438. The second-order valence-electron chi connectivity index (χ2n) is 5.43. The summed E-state index contributed by atoms with van der Waals surface area (Å²) in [7, 11) is 0. The highest BCUT2D eigenvalue weighted by molar-refractivity contribution is 5.78. The van der Waals surface area contributed by atoms with Gasteiger partial charge in [0.15, 0.2) is 0 Å². The summed E-state index contributed by atoms with van der Waals surface area (Å²) in [6, 6.07) is 11.5. The molecule has 1 aliphatic carbocycles. The second-order valence-corrected chi connectivity index (χ2v) is 5.43. The molecule has 0 atom stereocenters. The van der Waals surface area contributed by atoms with Crippen molar-refractivity contribution in [2.24, 2.45) is 5.92 Å². The molecule has 0 unspecified atom stereocenters. The summed E-state index contributed by atoms with van der Waals surface area (Å²) in [5.74, 6) is 0.708. The van der Waals surface area contributed by atoms with Crippen molar-refractivity contribution in [3.63, 3.8) is 0 Å². The van der Waals surface area contributed by atoms with Crippen LogP contribution in [0.1, 0.15) is 32.1 Å². The van der Waals surface area contributed by atoms with Crippen LogP contribution in [0.4, 0.5) is 0 Å². The Morgan fingerprint density at radius 1 is 1.05 bits per heavy atom. The Labute approximate surface area is 113 Å². The van der Waals surface area contributed by atoms with Gasteiger partial charge in [0.25, 0.3) is 5.56 Å². The molecule has 0 aliphatic heterocycles. The zero-order valence-electron chi connectivity index (χ0n) is 11.1. The molecular weight excluding hydrogens is 236 g/mol. The van der Waals surface area contributed by atoms with Crippen LogP contribution in [0.15, 0.2) is 41.2 Å². The fourth-order valence-corrected chi connectivity index (χ4v) is 2.96. The maximum absolute atomic E-state index is 12.0. The topological polar surface area (TPSA) is 34.0 Å². The van der Waals surface area contributed by atoms with E-state index in [0.717, 1.165) is 17.4 Å². The first-order valence-electron chi connectivity index (χ1n) is 7.19. The van der Waals surface area contributed by atoms with E-state index in [-0.39, 0.29) is 5.56 Å². The smallest absolute Gasteiger partial charge is 0.269 e. The van der Waals surface area contributed by atoms with Crippen LogP contribution in [0.25, 0.3) is 10.9 Å². The zero-order valence-corrected chi connectivity index (χ0v) is 11.1. The molecule has 3 rings (SSSR count). The van der Waals surface area contributed by atoms with E-state index in [2.05, 4.69) is 5.43 Å². The Bertz CT molecular complexity index is 611. The molecule has 0 saturated heterocycles. The van der Waals surface area contributed by atoms with E-state index in [4.69, 9.17) is 0 Å². The van der Waals surface area contributed by atoms with Crippen molar-refractivity contribution < 1.29 is 0 Å². The first kappa shape index (κ1) is 12.3. The van der Waals surface area contributed by atoms with Crippen LogP contribution < -0.4 is 11.0 Å². The lowest BCUT2D eigenvalue weighted by atomic mass is 9.89. The van der Waals surface area contributed by atoms with E-state index in [1.807, 2.05) is 30.3 Å². The number of para-hydroxylation sites is 1. The summed E-state index contributed by atoms with van der Waals surface area (Å²) < 4.78 is 1.70. The van der Waals surface area contributed by atoms with Gasteiger partial charge in [0, 0.05) is 18.0 Å². The molecular formula is C16H20N2O. The SMILES string of the molecule is O=c1ccc2ccccc2n1NCC1CCCCC1. The summed E-state index contributed by atoms with van der Waals surface area (Å²) in [5, 5.41) is 1.10. The van der Waals surface area contributed by atoms with Crippen LogP contribution >= 0.6 is 0 Å². The third-order valence-corrected chi connectivity index (χ3v) is 4.07. The van der Waals surface area contributed by atoms with Gasteiger partial charge in [0.2, 0.25) is 0 Å². The average molecular weight is 256 g/mol. The molecule has 1 aromatic carbocycles. The predicted octanol–water partition coefficient (Wildman–Crippen LogP) is 3.13. The first-order chi connectivity index (χ1) is 9.34. The lowest BCUT2D eigenvalue weighted by Gasteiger charge is -2.23. The van der Waals surface area contributed by atoms with Crippen molar-refractivity contribution in [2.45, 2.75) is 32.1 Å². The Morgan fingerprint density at radius 3 is 2.68 bits per heavy atom. The number of pyridine rings is 1. The normalized spacial score (nSPS) is 16.6. The molecule has 1 fully saturated rings. The standard InChI is InChI=1S/C16H20N2O/c19-16-11-10-14-8-4-5-9-15(14)18(16)17-12-13-6-2-1-3-7-13/h4-5,8-11,13,17H,1-3,6-7,12H2. The molecule has 3 nitrogen and oxygen atoms in total. The van der Waals surface area contributed by atoms with Gasteiger partial charge in [-0.25, -0.2) is 4.68 Å². The third kappa shape index (κ3) is 2.65. The Morgan fingerprint density at radius 2 is 1.84 bits per heavy atom. The Balaban J connectivity index is 1.83. The monoisotopic (exact) mass is 256 g/mol. The lowest BCUT2D eigenvalue weighted by molar-refractivity contribution is 0.366. The van der Waals surface area contributed by atoms with Crippen molar-refractivity contribution in [1.82, 2.24) is 4.68 Å². The van der Waals surface area contributed by atoms with Crippen LogP contribution in [-0.4, -0.2) is 11.2 Å². The molecule has 1 heterocycles. The molecule has 1 aromatic heterocycles. The predicted molar refractivity (Wildman–Crippen MR) is 79.0 cm³/mol. The van der Waals surface area contributed by atoms with Gasteiger partial charge >= 0.3 is 0 Å². The number of fused-ring (bicyclic) bond motifs is 1. The first-order valence-corrected chi connectivity index (χ1v) is 7.19. The third-order valence-electron chi connectivity index (χ3n) is 4.07. The van der Waals surface area contributed by atoms with Gasteiger partial charge in [0.1, 0.15) is 0 Å². The summed E-state index contributed by atoms with van der Waals surface area (Å²) in [4.78, 5) is 12.0. The van der Waals surface area contributed by atoms with E-state index >= 15 is 0 Å². The average Bonchev–Trinajstić information content (AvgIpc) is 2.47. The van der Waals surface area contributed by atoms with Crippen LogP contribution in [-0.2, 0) is 0 Å². The number of benzene rings is 1. The zero-order chi connectivity index (χ0) is 13.1. The van der Waals surface area contributed by atoms with Gasteiger partial charge < -0.3 is 5.43 Å². The van der Waals surface area contributed by atoms with E-state index in [1.54, 1.807) is 10.7 Å². The van der Waals surface area contributed by atoms with Gasteiger partial charge in [-0.3, -0.25) is 4.79 Å². The molecule has 0 amide bonds. The fourth-order valence-electron chi connectivity index (χ4n) is 2.96. The van der Waals surface area contributed by atoms with Crippen molar-refractivity contribution in [2.75, 3.05) is 12.0 Å². The Kier molecular flexibility index (Phi) is 3.53. The largest absolute Gasteiger partial charge is 0.322 e. The van der Waals surface area contributed by atoms with Gasteiger partial charge in [-0.2, -0.15) is 0 Å². The van der Waals surface area contributed by atoms with E-state index in [9.17, 15) is 4.79 Å². The minimum Gasteiger partial charge on any atom is -0.322 e. The van der Waals surface area contributed by atoms with E-state index in [1.165, 1.54) is 32.1 Å². The minimum atomic E-state index is 0.0227. The van der Waals surface area contributed by atoms with Gasteiger partial charge in [0.05, 0.1) is 5.52 Å².